The Labute approximate surface area is 130 Å². The molecule has 0 atom stereocenters. The van der Waals surface area contributed by atoms with Crippen molar-refractivity contribution in [3.05, 3.63) is 59.7 Å². The van der Waals surface area contributed by atoms with E-state index in [1.807, 2.05) is 4.72 Å². The molecule has 0 saturated heterocycles. The summed E-state index contributed by atoms with van der Waals surface area (Å²) in [6.07, 6.45) is -4.80. The van der Waals surface area contributed by atoms with Gasteiger partial charge in [0.25, 0.3) is 10.0 Å². The highest BCUT2D eigenvalue weighted by Crippen LogP contribution is 2.34. The fourth-order valence-corrected chi connectivity index (χ4v) is 3.14. The summed E-state index contributed by atoms with van der Waals surface area (Å²) in [5.74, 6) is -0.707. The van der Waals surface area contributed by atoms with E-state index in [0.717, 1.165) is 12.1 Å². The van der Waals surface area contributed by atoms with Crippen LogP contribution in [0.2, 0.25) is 0 Å². The van der Waals surface area contributed by atoms with Crippen LogP contribution in [0.15, 0.2) is 53.4 Å². The molecule has 0 bridgehead atoms. The molecule has 0 aliphatic carbocycles. The number of rotatable bonds is 4. The van der Waals surface area contributed by atoms with Gasteiger partial charge in [0.2, 0.25) is 5.91 Å². The molecule has 0 aliphatic rings. The highest BCUT2D eigenvalue weighted by atomic mass is 32.2. The van der Waals surface area contributed by atoms with E-state index in [2.05, 4.69) is 0 Å². The van der Waals surface area contributed by atoms with E-state index in [-0.39, 0.29) is 11.3 Å². The monoisotopic (exact) mass is 344 g/mol. The summed E-state index contributed by atoms with van der Waals surface area (Å²) in [7, 11) is -4.45. The summed E-state index contributed by atoms with van der Waals surface area (Å²) >= 11 is 0. The number of halogens is 3. The lowest BCUT2D eigenvalue weighted by atomic mass is 10.2. The van der Waals surface area contributed by atoms with Gasteiger partial charge in [0.15, 0.2) is 0 Å². The van der Waals surface area contributed by atoms with Crippen LogP contribution >= 0.6 is 0 Å². The second kappa shape index (κ2) is 5.92. The number of nitrogens with one attached hydrogen (secondary N) is 1. The molecule has 3 N–H and O–H groups in total. The van der Waals surface area contributed by atoms with E-state index in [4.69, 9.17) is 5.73 Å². The molecule has 0 radical (unpaired) electrons. The molecule has 0 aromatic heterocycles. The number of alkyl halides is 3. The van der Waals surface area contributed by atoms with Gasteiger partial charge in [-0.2, -0.15) is 13.2 Å². The second-order valence-corrected chi connectivity index (χ2v) is 6.19. The fraction of sp³-hybridized carbons (Fsp3) is 0.0714. The number of primary amides is 1. The number of nitrogens with two attached hydrogens (primary N) is 1. The molecule has 23 heavy (non-hydrogen) atoms. The highest BCUT2D eigenvalue weighted by molar-refractivity contribution is 7.92. The van der Waals surface area contributed by atoms with Crippen LogP contribution in [0.25, 0.3) is 0 Å². The smallest absolute Gasteiger partial charge is 0.366 e. The Hall–Kier alpha value is -2.55. The van der Waals surface area contributed by atoms with E-state index >= 15 is 0 Å². The number of carbonyl (C=O) groups is 1. The van der Waals surface area contributed by atoms with Crippen LogP contribution in [0, 0.1) is 0 Å². The van der Waals surface area contributed by atoms with Crippen molar-refractivity contribution in [2.75, 3.05) is 4.72 Å². The van der Waals surface area contributed by atoms with Crippen molar-refractivity contribution in [1.29, 1.82) is 0 Å². The number of hydrogen-bond acceptors (Lipinski definition) is 3. The van der Waals surface area contributed by atoms with Crippen LogP contribution in [0.3, 0.4) is 0 Å². The lowest BCUT2D eigenvalue weighted by Crippen LogP contribution is -2.19. The molecule has 122 valence electrons. The zero-order chi connectivity index (χ0) is 17.3. The molecular weight excluding hydrogens is 333 g/mol. The number of hydrogen-bond donors (Lipinski definition) is 2. The summed E-state index contributed by atoms with van der Waals surface area (Å²) in [4.78, 5) is 10.0. The first-order chi connectivity index (χ1) is 10.6. The summed E-state index contributed by atoms with van der Waals surface area (Å²) < 4.78 is 65.2. The quantitative estimate of drug-likeness (QED) is 0.893. The molecule has 5 nitrogen and oxygen atoms in total. The number of amides is 1. The van der Waals surface area contributed by atoms with Gasteiger partial charge in [-0.25, -0.2) is 8.42 Å². The minimum absolute atomic E-state index is 0.00646. The van der Waals surface area contributed by atoms with Crippen LogP contribution in [0.5, 0.6) is 0 Å². The largest absolute Gasteiger partial charge is 0.417 e. The summed E-state index contributed by atoms with van der Waals surface area (Å²) in [6, 6.07) is 8.82. The SMILES string of the molecule is NC(=O)c1ccc(NS(=O)(=O)c2ccccc2C(F)(F)F)cc1. The molecule has 1 amide bonds. The van der Waals surface area contributed by atoms with Gasteiger partial charge >= 0.3 is 6.18 Å². The number of sulfonamides is 1. The topological polar surface area (TPSA) is 89.3 Å². The van der Waals surface area contributed by atoms with Crippen LogP contribution in [-0.2, 0) is 16.2 Å². The maximum absolute atomic E-state index is 12.9. The van der Waals surface area contributed by atoms with Crippen LogP contribution < -0.4 is 10.5 Å². The molecule has 0 spiro atoms. The minimum atomic E-state index is -4.80. The van der Waals surface area contributed by atoms with Crippen molar-refractivity contribution >= 4 is 21.6 Å². The fourth-order valence-electron chi connectivity index (χ4n) is 1.85. The number of carbonyl (C=O) groups excluding carboxylic acids is 1. The Morgan fingerprint density at radius 1 is 1.00 bits per heavy atom. The Bertz CT molecular complexity index is 831. The summed E-state index contributed by atoms with van der Waals surface area (Å²) in [5.41, 5.74) is 3.93. The van der Waals surface area contributed by atoms with E-state index < -0.39 is 32.6 Å². The van der Waals surface area contributed by atoms with Crippen LogP contribution in [0.4, 0.5) is 18.9 Å². The Morgan fingerprint density at radius 3 is 2.09 bits per heavy atom. The minimum Gasteiger partial charge on any atom is -0.366 e. The lowest BCUT2D eigenvalue weighted by Gasteiger charge is -2.14. The zero-order valence-corrected chi connectivity index (χ0v) is 12.3. The average Bonchev–Trinajstić information content (AvgIpc) is 2.46. The predicted octanol–water partition coefficient (Wildman–Crippen LogP) is 2.61. The molecule has 0 heterocycles. The first kappa shape index (κ1) is 16.8. The third kappa shape index (κ3) is 3.81. The maximum atomic E-state index is 12.9. The molecule has 2 aromatic rings. The Morgan fingerprint density at radius 2 is 1.57 bits per heavy atom. The first-order valence-corrected chi connectivity index (χ1v) is 7.68. The van der Waals surface area contributed by atoms with Gasteiger partial charge in [0, 0.05) is 11.3 Å². The maximum Gasteiger partial charge on any atom is 0.417 e. The molecule has 2 aromatic carbocycles. The number of anilines is 1. The zero-order valence-electron chi connectivity index (χ0n) is 11.5. The van der Waals surface area contributed by atoms with Crippen molar-refractivity contribution in [2.45, 2.75) is 11.1 Å². The van der Waals surface area contributed by atoms with Crippen molar-refractivity contribution in [3.63, 3.8) is 0 Å². The first-order valence-electron chi connectivity index (χ1n) is 6.20. The molecular formula is C14H11F3N2O3S. The van der Waals surface area contributed by atoms with E-state index in [9.17, 15) is 26.4 Å². The molecule has 9 heteroatoms. The third-order valence-corrected chi connectivity index (χ3v) is 4.34. The average molecular weight is 344 g/mol. The molecule has 0 aliphatic heterocycles. The predicted molar refractivity (Wildman–Crippen MR) is 77.2 cm³/mol. The van der Waals surface area contributed by atoms with Crippen molar-refractivity contribution in [3.8, 4) is 0 Å². The molecule has 2 rings (SSSR count). The van der Waals surface area contributed by atoms with Gasteiger partial charge in [-0.15, -0.1) is 0 Å². The lowest BCUT2D eigenvalue weighted by molar-refractivity contribution is -0.139. The number of benzene rings is 2. The Balaban J connectivity index is 2.38. The van der Waals surface area contributed by atoms with Gasteiger partial charge < -0.3 is 5.73 Å². The van der Waals surface area contributed by atoms with Crippen molar-refractivity contribution in [1.82, 2.24) is 0 Å². The van der Waals surface area contributed by atoms with Gasteiger partial charge in [0.1, 0.15) is 0 Å². The molecule has 0 unspecified atom stereocenters. The van der Waals surface area contributed by atoms with E-state index in [0.29, 0.717) is 6.07 Å². The summed E-state index contributed by atoms with van der Waals surface area (Å²) in [6.45, 7) is 0. The molecule has 0 saturated carbocycles. The van der Waals surface area contributed by atoms with Crippen LogP contribution in [0.1, 0.15) is 15.9 Å². The van der Waals surface area contributed by atoms with E-state index in [1.54, 1.807) is 0 Å². The van der Waals surface area contributed by atoms with Crippen molar-refractivity contribution < 1.29 is 26.4 Å². The van der Waals surface area contributed by atoms with Crippen molar-refractivity contribution in [2.24, 2.45) is 5.73 Å². The highest BCUT2D eigenvalue weighted by Gasteiger charge is 2.36. The Kier molecular flexibility index (Phi) is 4.33. The summed E-state index contributed by atoms with van der Waals surface area (Å²) in [5, 5.41) is 0. The van der Waals surface area contributed by atoms with Gasteiger partial charge in [0.05, 0.1) is 10.5 Å². The van der Waals surface area contributed by atoms with Gasteiger partial charge in [-0.05, 0) is 36.4 Å². The standard InChI is InChI=1S/C14H11F3N2O3S/c15-14(16,17)11-3-1-2-4-12(11)23(21,22)19-10-7-5-9(6-8-10)13(18)20/h1-8,19H,(H2,18,20). The molecule has 0 fully saturated rings. The third-order valence-electron chi connectivity index (χ3n) is 2.90. The van der Waals surface area contributed by atoms with Gasteiger partial charge in [-0.1, -0.05) is 12.1 Å². The van der Waals surface area contributed by atoms with Gasteiger partial charge in [-0.3, -0.25) is 9.52 Å². The van der Waals surface area contributed by atoms with Crippen LogP contribution in [-0.4, -0.2) is 14.3 Å². The second-order valence-electron chi connectivity index (χ2n) is 4.54. The van der Waals surface area contributed by atoms with E-state index in [1.165, 1.54) is 30.3 Å². The normalized spacial score (nSPS) is 12.0.